The van der Waals surface area contributed by atoms with E-state index in [-0.39, 0.29) is 43.9 Å². The maximum absolute atomic E-state index is 15.8. The smallest absolute Gasteiger partial charge is 0.407 e. The van der Waals surface area contributed by atoms with Crippen molar-refractivity contribution in [2.75, 3.05) is 68.6 Å². The average Bonchev–Trinajstić information content (AvgIpc) is 3.14. The van der Waals surface area contributed by atoms with Crippen LogP contribution < -0.4 is 15.0 Å². The van der Waals surface area contributed by atoms with Crippen LogP contribution in [0.2, 0.25) is 0 Å². The van der Waals surface area contributed by atoms with Crippen molar-refractivity contribution in [1.82, 2.24) is 15.1 Å². The normalized spacial score (nSPS) is 16.7. The minimum Gasteiger partial charge on any atom is -0.493 e. The fraction of sp³-hybridized carbons (Fsp3) is 0.583. The Kier molecular flexibility index (Phi) is 12.9. The molecule has 0 saturated carbocycles. The van der Waals surface area contributed by atoms with Gasteiger partial charge in [-0.15, -0.1) is 5.10 Å². The second kappa shape index (κ2) is 17.1. The highest BCUT2D eigenvalue weighted by Gasteiger charge is 2.43. The number of unbranched alkanes of at least 4 members (excludes halogenated alkanes) is 3. The first-order valence-electron chi connectivity index (χ1n) is 17.8. The van der Waals surface area contributed by atoms with Gasteiger partial charge in [-0.25, -0.2) is 13.6 Å². The van der Waals surface area contributed by atoms with E-state index in [2.05, 4.69) is 26.5 Å². The van der Waals surface area contributed by atoms with Crippen molar-refractivity contribution in [2.24, 2.45) is 5.92 Å². The number of hydrogen-bond acceptors (Lipinski definition) is 10. The van der Waals surface area contributed by atoms with E-state index in [0.717, 1.165) is 35.7 Å². The number of carbonyl (C=O) groups is 1. The molecule has 3 aromatic rings. The van der Waals surface area contributed by atoms with Crippen molar-refractivity contribution >= 4 is 38.5 Å². The van der Waals surface area contributed by atoms with Crippen LogP contribution in [0.3, 0.4) is 0 Å². The van der Waals surface area contributed by atoms with Gasteiger partial charge in [0.25, 0.3) is 16.0 Å². The topological polar surface area (TPSA) is 143 Å². The van der Waals surface area contributed by atoms with Crippen LogP contribution >= 0.6 is 0 Å². The highest BCUT2D eigenvalue weighted by molar-refractivity contribution is 7.86. The summed E-state index contributed by atoms with van der Waals surface area (Å²) in [6, 6.07) is 10.1. The van der Waals surface area contributed by atoms with Gasteiger partial charge in [0.05, 0.1) is 49.3 Å². The lowest BCUT2D eigenvalue weighted by molar-refractivity contribution is -0.0836. The molecule has 0 bridgehead atoms. The van der Waals surface area contributed by atoms with Crippen LogP contribution in [-0.4, -0.2) is 93.1 Å². The fourth-order valence-corrected chi connectivity index (χ4v) is 7.13. The highest BCUT2D eigenvalue weighted by Crippen LogP contribution is 2.43. The molecule has 0 radical (unpaired) electrons. The molecule has 3 heterocycles. The number of fused-ring (bicyclic) bond motifs is 1. The van der Waals surface area contributed by atoms with Gasteiger partial charge in [0.1, 0.15) is 5.75 Å². The molecule has 2 aliphatic heterocycles. The van der Waals surface area contributed by atoms with Crippen LogP contribution in [0.25, 0.3) is 10.8 Å². The summed E-state index contributed by atoms with van der Waals surface area (Å²) in [6.07, 6.45) is 2.18. The molecule has 2 aliphatic rings. The fourth-order valence-electron chi connectivity index (χ4n) is 6.60. The number of hydrogen-bond donors (Lipinski definition) is 2. The van der Waals surface area contributed by atoms with E-state index < -0.39 is 34.1 Å². The lowest BCUT2D eigenvalue weighted by Gasteiger charge is -2.35. The first kappa shape index (κ1) is 38.4. The molecule has 5 rings (SSSR count). The van der Waals surface area contributed by atoms with Gasteiger partial charge >= 0.3 is 6.09 Å². The maximum Gasteiger partial charge on any atom is 0.407 e. The van der Waals surface area contributed by atoms with Gasteiger partial charge in [-0.3, -0.25) is 4.18 Å². The number of benzene rings is 2. The number of amides is 1. The predicted molar refractivity (Wildman–Crippen MR) is 191 cm³/mol. The van der Waals surface area contributed by atoms with Gasteiger partial charge < -0.3 is 29.7 Å². The highest BCUT2D eigenvalue weighted by atomic mass is 32.2. The number of carboxylic acid groups (broad SMARTS) is 1. The summed E-state index contributed by atoms with van der Waals surface area (Å²) in [5.74, 6) is -2.93. The van der Waals surface area contributed by atoms with E-state index in [0.29, 0.717) is 62.2 Å². The second-order valence-electron chi connectivity index (χ2n) is 13.2. The zero-order valence-electron chi connectivity index (χ0n) is 29.6. The Bertz CT molecular complexity index is 1750. The van der Waals surface area contributed by atoms with Crippen LogP contribution in [0.5, 0.6) is 5.75 Å². The quantitative estimate of drug-likeness (QED) is 0.119. The van der Waals surface area contributed by atoms with E-state index in [4.69, 9.17) is 13.7 Å². The summed E-state index contributed by atoms with van der Waals surface area (Å²) in [5, 5.41) is 23.2. The minimum absolute atomic E-state index is 0.0390. The van der Waals surface area contributed by atoms with Crippen LogP contribution in [0, 0.1) is 12.8 Å². The van der Waals surface area contributed by atoms with Gasteiger partial charge in [-0.1, -0.05) is 24.6 Å². The largest absolute Gasteiger partial charge is 0.493 e. The predicted octanol–water partition coefficient (Wildman–Crippen LogP) is 6.74. The van der Waals surface area contributed by atoms with Gasteiger partial charge in [0, 0.05) is 54.8 Å². The van der Waals surface area contributed by atoms with Crippen molar-refractivity contribution in [3.63, 3.8) is 0 Å². The van der Waals surface area contributed by atoms with Crippen molar-refractivity contribution in [1.29, 1.82) is 0 Å². The molecule has 12 nitrogen and oxygen atoms in total. The zero-order chi connectivity index (χ0) is 36.6. The number of piperidine rings is 1. The zero-order valence-corrected chi connectivity index (χ0v) is 30.4. The molecule has 0 unspecified atom stereocenters. The standard InChI is InChI=1S/C36H49F2N5O7S/c1-4-51(46,47)50-19-8-6-5-7-18-49-32-24-30(42-16-20-48-21-17-42)23-31-33(32)26(3)40-41-34(31)39-25(2)27-10-9-11-29(22-27)36(37,38)28-12-14-43(15-13-28)35(44)45/h9-11,22-25,28H,4-8,12-21H2,1-3H3,(H,39,41)(H,44,45)/t25-/m1/s1. The summed E-state index contributed by atoms with van der Waals surface area (Å²) >= 11 is 0. The molecule has 0 spiro atoms. The third-order valence-corrected chi connectivity index (χ3v) is 10.9. The molecular formula is C36H49F2N5O7S. The van der Waals surface area contributed by atoms with Crippen LogP contribution in [0.4, 0.5) is 25.1 Å². The Hall–Kier alpha value is -3.82. The molecule has 51 heavy (non-hydrogen) atoms. The van der Waals surface area contributed by atoms with E-state index in [1.54, 1.807) is 19.1 Å². The van der Waals surface area contributed by atoms with E-state index in [1.807, 2.05) is 19.9 Å². The van der Waals surface area contributed by atoms with Gasteiger partial charge in [-0.05, 0) is 70.6 Å². The lowest BCUT2D eigenvalue weighted by atomic mass is 9.85. The summed E-state index contributed by atoms with van der Waals surface area (Å²) in [7, 11) is -3.43. The summed E-state index contributed by atoms with van der Waals surface area (Å²) in [5.41, 5.74) is 2.21. The van der Waals surface area contributed by atoms with Crippen molar-refractivity contribution in [2.45, 2.75) is 71.3 Å². The number of aromatic nitrogens is 2. The Morgan fingerprint density at radius 3 is 2.45 bits per heavy atom. The number of rotatable bonds is 16. The Balaban J connectivity index is 1.33. The van der Waals surface area contributed by atoms with Gasteiger partial charge in [-0.2, -0.15) is 13.5 Å². The Morgan fingerprint density at radius 2 is 1.76 bits per heavy atom. The molecule has 2 N–H and O–H groups in total. The molecule has 2 saturated heterocycles. The molecule has 1 aromatic heterocycles. The molecule has 0 aliphatic carbocycles. The molecule has 2 aromatic carbocycles. The number of aryl methyl sites for hydroxylation is 1. The van der Waals surface area contributed by atoms with Crippen LogP contribution in [0.15, 0.2) is 36.4 Å². The molecular weight excluding hydrogens is 684 g/mol. The Labute approximate surface area is 298 Å². The number of morpholine rings is 1. The monoisotopic (exact) mass is 733 g/mol. The van der Waals surface area contributed by atoms with Crippen LogP contribution in [0.1, 0.15) is 75.2 Å². The number of ether oxygens (including phenoxy) is 2. The SMILES string of the molecule is CCS(=O)(=O)OCCCCCCOc1cc(N2CCOCC2)cc2c(N[C@H](C)c3cccc(C(F)(F)C4CCN(C(=O)O)CC4)c3)nnc(C)c12. The molecule has 2 fully saturated rings. The van der Waals surface area contributed by atoms with Crippen molar-refractivity contribution in [3.05, 3.63) is 53.2 Å². The molecule has 1 atom stereocenters. The Morgan fingerprint density at radius 1 is 1.06 bits per heavy atom. The lowest BCUT2D eigenvalue weighted by Crippen LogP contribution is -2.41. The van der Waals surface area contributed by atoms with Gasteiger partial charge in [0.2, 0.25) is 0 Å². The first-order valence-corrected chi connectivity index (χ1v) is 19.3. The van der Waals surface area contributed by atoms with Crippen LogP contribution in [-0.2, 0) is 25.0 Å². The number of anilines is 2. The molecule has 280 valence electrons. The maximum atomic E-state index is 15.8. The molecule has 1 amide bonds. The second-order valence-corrected chi connectivity index (χ2v) is 15.1. The molecule has 15 heteroatoms. The number of likely N-dealkylation sites (tertiary alicyclic amines) is 1. The number of nitrogens with zero attached hydrogens (tertiary/aromatic N) is 4. The van der Waals surface area contributed by atoms with Crippen molar-refractivity contribution < 1.29 is 40.8 Å². The van der Waals surface area contributed by atoms with E-state index >= 15 is 8.78 Å². The third-order valence-electron chi connectivity index (χ3n) is 9.70. The van der Waals surface area contributed by atoms with Crippen molar-refractivity contribution in [3.8, 4) is 5.75 Å². The van der Waals surface area contributed by atoms with E-state index in [9.17, 15) is 18.3 Å². The summed E-state index contributed by atoms with van der Waals surface area (Å²) in [6.45, 7) is 8.77. The average molecular weight is 734 g/mol. The number of alkyl halides is 2. The summed E-state index contributed by atoms with van der Waals surface area (Å²) < 4.78 is 71.5. The number of nitrogens with one attached hydrogen (secondary N) is 1. The van der Waals surface area contributed by atoms with E-state index in [1.165, 1.54) is 17.0 Å². The van der Waals surface area contributed by atoms with Gasteiger partial charge in [0.15, 0.2) is 5.82 Å². The minimum atomic E-state index is -3.43. The third kappa shape index (κ3) is 9.74. The summed E-state index contributed by atoms with van der Waals surface area (Å²) in [4.78, 5) is 14.7. The first-order chi connectivity index (χ1) is 24.4. The number of halogens is 2.